The van der Waals surface area contributed by atoms with E-state index in [1.54, 1.807) is 31.4 Å². The minimum Gasteiger partial charge on any atom is -0.780 e. The van der Waals surface area contributed by atoms with E-state index >= 15 is 0 Å². The molecule has 0 amide bonds. The van der Waals surface area contributed by atoms with Gasteiger partial charge in [0.25, 0.3) is 0 Å². The molecule has 0 aromatic heterocycles. The third kappa shape index (κ3) is 9.31. The maximum Gasteiger partial charge on any atom is 1.00 e. The summed E-state index contributed by atoms with van der Waals surface area (Å²) in [6.07, 6.45) is 3.51. The van der Waals surface area contributed by atoms with Crippen LogP contribution in [0.5, 0.6) is 23.0 Å². The Hall–Kier alpha value is 2.11. The van der Waals surface area contributed by atoms with E-state index in [0.717, 1.165) is 10.0 Å². The fourth-order valence-electron chi connectivity index (χ4n) is 2.22. The minimum absolute atomic E-state index is 0. The average molecular weight is 709 g/mol. The summed E-state index contributed by atoms with van der Waals surface area (Å²) in [5, 5.41) is 0. The van der Waals surface area contributed by atoms with E-state index in [-0.39, 0.29) is 149 Å². The number of phosphoric acid groups is 1. The van der Waals surface area contributed by atoms with Gasteiger partial charge < -0.3 is 33.1 Å². The standard InChI is InChI=1S/C17H18BrO7P.2Cs/c1-22-14-7-6-11(9-15(14)25-26(19,20)21)4-5-12-8-13(18)17(24-3)16(10-12)23-2;;/h4-10H,1-3H3,(H2,19,20,21);;/q;2*+1/p-2/b5-4-;;. The second kappa shape index (κ2) is 14.3. The van der Waals surface area contributed by atoms with Gasteiger partial charge in [0, 0.05) is 0 Å². The van der Waals surface area contributed by atoms with Crippen molar-refractivity contribution in [1.82, 2.24) is 0 Å². The molecular weight excluding hydrogens is 693 g/mol. The van der Waals surface area contributed by atoms with E-state index in [1.807, 2.05) is 6.07 Å². The van der Waals surface area contributed by atoms with Crippen molar-refractivity contribution < 1.29 is 171 Å². The molecule has 0 unspecified atom stereocenters. The van der Waals surface area contributed by atoms with Crippen LogP contribution in [0.3, 0.4) is 0 Å². The summed E-state index contributed by atoms with van der Waals surface area (Å²) in [7, 11) is -0.765. The molecule has 0 fully saturated rings. The Labute approximate surface area is 290 Å². The first kappa shape index (κ1) is 30.1. The summed E-state index contributed by atoms with van der Waals surface area (Å²) in [5.74, 6) is 1.10. The van der Waals surface area contributed by atoms with E-state index in [2.05, 4.69) is 20.5 Å². The van der Waals surface area contributed by atoms with Gasteiger partial charge in [-0.05, 0) is 51.3 Å². The van der Waals surface area contributed by atoms with Gasteiger partial charge in [-0.15, -0.1) is 0 Å². The van der Waals surface area contributed by atoms with Crippen molar-refractivity contribution in [2.45, 2.75) is 0 Å². The average Bonchev–Trinajstić information content (AvgIpc) is 2.58. The summed E-state index contributed by atoms with van der Waals surface area (Å²) in [6, 6.07) is 8.22. The van der Waals surface area contributed by atoms with Crippen LogP contribution in [0.2, 0.25) is 0 Å². The van der Waals surface area contributed by atoms with Gasteiger partial charge >= 0.3 is 138 Å². The van der Waals surface area contributed by atoms with Crippen LogP contribution in [0.4, 0.5) is 0 Å². The van der Waals surface area contributed by atoms with E-state index in [0.29, 0.717) is 17.1 Å². The molecule has 2 aromatic rings. The molecule has 2 aromatic carbocycles. The van der Waals surface area contributed by atoms with Crippen LogP contribution >= 0.6 is 23.8 Å². The van der Waals surface area contributed by atoms with Gasteiger partial charge in [0.15, 0.2) is 23.0 Å². The van der Waals surface area contributed by atoms with Crippen LogP contribution in [0.25, 0.3) is 12.2 Å². The Morgan fingerprint density at radius 1 is 0.857 bits per heavy atom. The third-order valence-corrected chi connectivity index (χ3v) is 4.33. The molecule has 11 heteroatoms. The van der Waals surface area contributed by atoms with Crippen molar-refractivity contribution in [2.75, 3.05) is 21.3 Å². The van der Waals surface area contributed by atoms with Crippen LogP contribution in [-0.2, 0) is 4.57 Å². The molecule has 0 atom stereocenters. The summed E-state index contributed by atoms with van der Waals surface area (Å²) in [6.45, 7) is 0. The Kier molecular flexibility index (Phi) is 15.4. The Bertz CT molecular complexity index is 871. The van der Waals surface area contributed by atoms with Crippen LogP contribution in [0, 0.1) is 0 Å². The van der Waals surface area contributed by atoms with Gasteiger partial charge in [0.05, 0.1) is 25.8 Å². The molecule has 7 nitrogen and oxygen atoms in total. The van der Waals surface area contributed by atoms with Gasteiger partial charge in [-0.1, -0.05) is 18.2 Å². The molecule has 140 valence electrons. The molecule has 0 N–H and O–H groups in total. The quantitative estimate of drug-likeness (QED) is 0.222. The van der Waals surface area contributed by atoms with Gasteiger partial charge in [0.1, 0.15) is 7.82 Å². The molecule has 0 bridgehead atoms. The molecule has 0 aliphatic carbocycles. The number of halogens is 1. The second-order valence-electron chi connectivity index (χ2n) is 5.02. The number of rotatable bonds is 7. The van der Waals surface area contributed by atoms with E-state index in [4.69, 9.17) is 14.2 Å². The van der Waals surface area contributed by atoms with Crippen molar-refractivity contribution in [3.05, 3.63) is 45.9 Å². The van der Waals surface area contributed by atoms with E-state index in [1.165, 1.54) is 26.4 Å². The zero-order valence-electron chi connectivity index (χ0n) is 16.2. The third-order valence-electron chi connectivity index (χ3n) is 3.32. The topological polar surface area (TPSA) is 100 Å². The normalized spacial score (nSPS) is 10.6. The summed E-state index contributed by atoms with van der Waals surface area (Å²) < 4.78 is 31.6. The number of benzene rings is 2. The molecule has 0 radical (unpaired) electrons. The second-order valence-corrected chi connectivity index (χ2v) is 6.95. The summed E-state index contributed by atoms with van der Waals surface area (Å²) >= 11 is 3.41. The van der Waals surface area contributed by atoms with Crippen molar-refractivity contribution in [3.8, 4) is 23.0 Å². The summed E-state index contributed by atoms with van der Waals surface area (Å²) in [4.78, 5) is 21.7. The molecule has 0 spiro atoms. The van der Waals surface area contributed by atoms with E-state index in [9.17, 15) is 14.4 Å². The van der Waals surface area contributed by atoms with Gasteiger partial charge in [-0.3, -0.25) is 0 Å². The number of hydrogen-bond acceptors (Lipinski definition) is 7. The molecule has 0 aliphatic rings. The van der Waals surface area contributed by atoms with Crippen molar-refractivity contribution >= 4 is 35.9 Å². The van der Waals surface area contributed by atoms with Crippen LogP contribution in [-0.4, -0.2) is 21.3 Å². The largest absolute Gasteiger partial charge is 1.00 e. The number of methoxy groups -OCH3 is 3. The van der Waals surface area contributed by atoms with Crippen molar-refractivity contribution in [2.24, 2.45) is 0 Å². The van der Waals surface area contributed by atoms with Crippen LogP contribution < -0.4 is 166 Å². The van der Waals surface area contributed by atoms with Crippen molar-refractivity contribution in [3.63, 3.8) is 0 Å². The number of phosphoric ester groups is 1. The first-order valence-electron chi connectivity index (χ1n) is 7.26. The zero-order valence-corrected chi connectivity index (χ0v) is 31.3. The Morgan fingerprint density at radius 3 is 1.96 bits per heavy atom. The number of hydrogen-bond donors (Lipinski definition) is 0. The van der Waals surface area contributed by atoms with Crippen LogP contribution in [0.1, 0.15) is 11.1 Å². The maximum atomic E-state index is 10.9. The predicted molar refractivity (Wildman–Crippen MR) is 97.4 cm³/mol. The van der Waals surface area contributed by atoms with Crippen LogP contribution in [0.15, 0.2) is 34.8 Å². The van der Waals surface area contributed by atoms with Gasteiger partial charge in [-0.2, -0.15) is 0 Å². The predicted octanol–water partition coefficient (Wildman–Crippen LogP) is -3.14. The molecule has 0 saturated heterocycles. The number of ether oxygens (including phenoxy) is 3. The molecule has 0 aliphatic heterocycles. The molecule has 28 heavy (non-hydrogen) atoms. The monoisotopic (exact) mass is 708 g/mol. The summed E-state index contributed by atoms with van der Waals surface area (Å²) in [5.41, 5.74) is 1.42. The Balaban J connectivity index is 0.00000364. The molecule has 2 rings (SSSR count). The molecular formula is C17H16BrCs2O7P. The first-order chi connectivity index (χ1) is 12.3. The first-order valence-corrected chi connectivity index (χ1v) is 9.52. The zero-order chi connectivity index (χ0) is 19.3. The molecule has 0 saturated carbocycles. The SMILES string of the molecule is COc1ccc(/C=C\c2cc(Br)c(OC)c(OC)c2)cc1OP(=O)([O-])[O-].[Cs+].[Cs+]. The maximum absolute atomic E-state index is 10.9. The van der Waals surface area contributed by atoms with Crippen molar-refractivity contribution in [1.29, 1.82) is 0 Å². The molecule has 0 heterocycles. The Morgan fingerprint density at radius 2 is 1.43 bits per heavy atom. The van der Waals surface area contributed by atoms with E-state index < -0.39 is 7.82 Å². The fourth-order valence-corrected chi connectivity index (χ4v) is 3.22. The fraction of sp³-hybridized carbons (Fsp3) is 0.176. The van der Waals surface area contributed by atoms with Gasteiger partial charge in [-0.25, -0.2) is 0 Å². The minimum atomic E-state index is -5.19. The van der Waals surface area contributed by atoms with Gasteiger partial charge in [0.2, 0.25) is 0 Å². The smallest absolute Gasteiger partial charge is 0.780 e.